The molecule has 0 saturated carbocycles. The molecule has 2 amide bonds. The van der Waals surface area contributed by atoms with Gasteiger partial charge in [-0.1, -0.05) is 17.7 Å². The Kier molecular flexibility index (Phi) is 4.09. The lowest BCUT2D eigenvalue weighted by Gasteiger charge is -2.31. The number of nitrogens with one attached hydrogen (secondary N) is 2. The standard InChI is InChI=1S/C18H13ClF3N5O2/c1-8-6-11-12(7-9(8)2)27-16(24-11)25-15(29)17(27,18(20,21)22)26-14(28)10-4-3-5-13(19)23-10/h3-7H,1-2H3,(H,26,28)(H,24,25,29). The van der Waals surface area contributed by atoms with E-state index in [-0.39, 0.29) is 27.8 Å². The quantitative estimate of drug-likeness (QED) is 0.619. The van der Waals surface area contributed by atoms with Crippen LogP contribution in [-0.4, -0.2) is 32.5 Å². The maximum Gasteiger partial charge on any atom is 0.440 e. The fourth-order valence-corrected chi connectivity index (χ4v) is 3.42. The van der Waals surface area contributed by atoms with Crippen LogP contribution in [0.3, 0.4) is 0 Å². The normalized spacial score (nSPS) is 18.6. The fraction of sp³-hybridized carbons (Fsp3) is 0.222. The van der Waals surface area contributed by atoms with Crippen molar-refractivity contribution in [2.24, 2.45) is 0 Å². The number of benzene rings is 1. The van der Waals surface area contributed by atoms with Gasteiger partial charge in [-0.15, -0.1) is 0 Å². The number of rotatable bonds is 2. The second kappa shape index (κ2) is 6.18. The highest BCUT2D eigenvalue weighted by atomic mass is 35.5. The van der Waals surface area contributed by atoms with E-state index in [1.54, 1.807) is 19.9 Å². The van der Waals surface area contributed by atoms with Crippen LogP contribution in [0.5, 0.6) is 0 Å². The van der Waals surface area contributed by atoms with Crippen molar-refractivity contribution < 1.29 is 22.8 Å². The zero-order valence-corrected chi connectivity index (χ0v) is 15.8. The molecule has 2 aromatic heterocycles. The molecule has 7 nitrogen and oxygen atoms in total. The minimum atomic E-state index is -5.18. The number of hydrogen-bond acceptors (Lipinski definition) is 4. The van der Waals surface area contributed by atoms with Gasteiger partial charge in [0.05, 0.1) is 11.0 Å². The van der Waals surface area contributed by atoms with Crippen LogP contribution in [0.2, 0.25) is 5.15 Å². The Bertz CT molecular complexity index is 1190. The Hall–Kier alpha value is -3.14. The molecule has 0 aliphatic carbocycles. The second-order valence-corrected chi connectivity index (χ2v) is 7.05. The largest absolute Gasteiger partial charge is 0.440 e. The van der Waals surface area contributed by atoms with Crippen LogP contribution in [-0.2, 0) is 10.5 Å². The third-order valence-corrected chi connectivity index (χ3v) is 5.02. The molecule has 3 heterocycles. The summed E-state index contributed by atoms with van der Waals surface area (Å²) >= 11 is 5.72. The van der Waals surface area contributed by atoms with E-state index in [0.717, 1.165) is 5.56 Å². The zero-order valence-electron chi connectivity index (χ0n) is 15.1. The molecule has 0 bridgehead atoms. The molecule has 1 aromatic carbocycles. The van der Waals surface area contributed by atoms with E-state index in [0.29, 0.717) is 10.1 Å². The van der Waals surface area contributed by atoms with Gasteiger partial charge in [0.1, 0.15) is 10.8 Å². The van der Waals surface area contributed by atoms with Gasteiger partial charge in [0.2, 0.25) is 5.95 Å². The number of nitrogens with zero attached hydrogens (tertiary/aromatic N) is 3. The van der Waals surface area contributed by atoms with Crippen molar-refractivity contribution in [3.8, 4) is 0 Å². The highest BCUT2D eigenvalue weighted by molar-refractivity contribution is 6.29. The Morgan fingerprint density at radius 3 is 2.55 bits per heavy atom. The third kappa shape index (κ3) is 2.74. The first-order valence-electron chi connectivity index (χ1n) is 8.38. The van der Waals surface area contributed by atoms with E-state index in [9.17, 15) is 22.8 Å². The molecule has 0 fully saturated rings. The van der Waals surface area contributed by atoms with Crippen molar-refractivity contribution in [2.75, 3.05) is 5.32 Å². The van der Waals surface area contributed by atoms with E-state index < -0.39 is 23.7 Å². The minimum Gasteiger partial charge on any atom is -0.312 e. The summed E-state index contributed by atoms with van der Waals surface area (Å²) in [6, 6.07) is 7.03. The predicted molar refractivity (Wildman–Crippen MR) is 98.6 cm³/mol. The summed E-state index contributed by atoms with van der Waals surface area (Å²) in [4.78, 5) is 32.9. The number of aromatic nitrogens is 3. The number of fused-ring (bicyclic) bond motifs is 3. The maximum atomic E-state index is 14.3. The lowest BCUT2D eigenvalue weighted by Crippen LogP contribution is -2.63. The van der Waals surface area contributed by atoms with Crippen molar-refractivity contribution in [1.29, 1.82) is 0 Å². The number of aryl methyl sites for hydroxylation is 2. The van der Waals surface area contributed by atoms with Gasteiger partial charge in [-0.3, -0.25) is 19.5 Å². The maximum absolute atomic E-state index is 14.3. The molecule has 0 radical (unpaired) electrons. The molecule has 150 valence electrons. The molecule has 29 heavy (non-hydrogen) atoms. The minimum absolute atomic E-state index is 0.0538. The molecule has 1 atom stereocenters. The van der Waals surface area contributed by atoms with Crippen LogP contribution in [0.15, 0.2) is 30.3 Å². The molecular formula is C18H13ClF3N5O2. The van der Waals surface area contributed by atoms with Crippen LogP contribution in [0, 0.1) is 13.8 Å². The first kappa shape index (κ1) is 19.2. The van der Waals surface area contributed by atoms with E-state index in [1.165, 1.54) is 24.3 Å². The van der Waals surface area contributed by atoms with Crippen molar-refractivity contribution in [1.82, 2.24) is 19.9 Å². The molecule has 0 spiro atoms. The Morgan fingerprint density at radius 2 is 1.90 bits per heavy atom. The van der Waals surface area contributed by atoms with Crippen LogP contribution >= 0.6 is 11.6 Å². The number of carbonyl (C=O) groups is 2. The molecule has 1 unspecified atom stereocenters. The van der Waals surface area contributed by atoms with Crippen LogP contribution < -0.4 is 10.6 Å². The Labute approximate surface area is 166 Å². The predicted octanol–water partition coefficient (Wildman–Crippen LogP) is 3.30. The highest BCUT2D eigenvalue weighted by Gasteiger charge is 2.67. The van der Waals surface area contributed by atoms with Gasteiger partial charge in [0.15, 0.2) is 0 Å². The van der Waals surface area contributed by atoms with E-state index in [1.807, 2.05) is 5.32 Å². The average molecular weight is 424 g/mol. The van der Waals surface area contributed by atoms with Gasteiger partial charge in [-0.2, -0.15) is 13.2 Å². The second-order valence-electron chi connectivity index (χ2n) is 6.66. The van der Waals surface area contributed by atoms with Crippen LogP contribution in [0.4, 0.5) is 19.1 Å². The number of alkyl halides is 3. The number of hydrogen-bond donors (Lipinski definition) is 2. The summed E-state index contributed by atoms with van der Waals surface area (Å²) < 4.78 is 43.6. The van der Waals surface area contributed by atoms with E-state index >= 15 is 0 Å². The highest BCUT2D eigenvalue weighted by Crippen LogP contribution is 2.44. The molecular weight excluding hydrogens is 411 g/mol. The molecule has 3 aromatic rings. The summed E-state index contributed by atoms with van der Waals surface area (Å²) in [5.41, 5.74) is -1.91. The summed E-state index contributed by atoms with van der Waals surface area (Å²) in [6.07, 6.45) is -5.18. The molecule has 1 aliphatic heterocycles. The summed E-state index contributed by atoms with van der Waals surface area (Å²) in [5, 5.41) is 3.87. The summed E-state index contributed by atoms with van der Waals surface area (Å²) in [5.74, 6) is -2.99. The van der Waals surface area contributed by atoms with Gasteiger partial charge in [-0.05, 0) is 49.2 Å². The van der Waals surface area contributed by atoms with Crippen LogP contribution in [0.25, 0.3) is 11.0 Å². The van der Waals surface area contributed by atoms with Crippen LogP contribution in [0.1, 0.15) is 21.6 Å². The van der Waals surface area contributed by atoms with E-state index in [2.05, 4.69) is 15.3 Å². The molecule has 0 saturated heterocycles. The first-order chi connectivity index (χ1) is 13.5. The average Bonchev–Trinajstić information content (AvgIpc) is 3.09. The number of carbonyl (C=O) groups excluding carboxylic acids is 2. The number of amides is 2. The molecule has 2 N–H and O–H groups in total. The van der Waals surface area contributed by atoms with Gasteiger partial charge in [0.25, 0.3) is 17.5 Å². The van der Waals surface area contributed by atoms with Crippen molar-refractivity contribution in [3.05, 3.63) is 52.3 Å². The Balaban J connectivity index is 1.93. The third-order valence-electron chi connectivity index (χ3n) is 4.81. The van der Waals surface area contributed by atoms with Gasteiger partial charge in [0, 0.05) is 0 Å². The number of imidazole rings is 1. The molecule has 11 heteroatoms. The van der Waals surface area contributed by atoms with Gasteiger partial charge >= 0.3 is 6.18 Å². The topological polar surface area (TPSA) is 88.9 Å². The van der Waals surface area contributed by atoms with E-state index in [4.69, 9.17) is 11.6 Å². The van der Waals surface area contributed by atoms with Gasteiger partial charge in [-0.25, -0.2) is 9.97 Å². The lowest BCUT2D eigenvalue weighted by molar-refractivity contribution is -0.213. The van der Waals surface area contributed by atoms with Crippen molar-refractivity contribution in [2.45, 2.75) is 25.7 Å². The van der Waals surface area contributed by atoms with Gasteiger partial charge < -0.3 is 5.32 Å². The summed E-state index contributed by atoms with van der Waals surface area (Å²) in [6.45, 7) is 3.52. The first-order valence-corrected chi connectivity index (χ1v) is 8.76. The fourth-order valence-electron chi connectivity index (χ4n) is 3.25. The smallest absolute Gasteiger partial charge is 0.312 e. The molecule has 1 aliphatic rings. The zero-order chi connectivity index (χ0) is 21.1. The monoisotopic (exact) mass is 423 g/mol. The number of pyridine rings is 1. The Morgan fingerprint density at radius 1 is 1.21 bits per heavy atom. The number of halogens is 4. The summed E-state index contributed by atoms with van der Waals surface area (Å²) in [7, 11) is 0. The molecule has 4 rings (SSSR count). The van der Waals surface area contributed by atoms with Crippen molar-refractivity contribution >= 4 is 40.4 Å². The van der Waals surface area contributed by atoms with Crippen molar-refractivity contribution in [3.63, 3.8) is 0 Å². The number of anilines is 1. The lowest BCUT2D eigenvalue weighted by atomic mass is 10.1. The SMILES string of the molecule is Cc1cc2nc3n(c2cc1C)C(NC(=O)c1cccc(Cl)n1)(C(F)(F)F)C(=O)N3.